The molecule has 1 saturated heterocycles. The van der Waals surface area contributed by atoms with Gasteiger partial charge in [0, 0.05) is 34.4 Å². The number of aromatic hydroxyl groups is 14. The van der Waals surface area contributed by atoms with Gasteiger partial charge in [-0.15, -0.1) is 0 Å². The SMILES string of the molecule is O=C(O)c1cc(O)c(O)c(O)c1Oc1cc2c(c(O)c1O)-c1c(cc(O)c(O)c1O)C(=O)OC[C@H]1O[C@H](O)[C@@H]3OC(=O)c4cc(O)c(O)c(O)c4-c4c(cc(O)c(O)c4O)C(=O)O[C@H]3[C@@H]1OC2=O. The summed E-state index contributed by atoms with van der Waals surface area (Å²) < 4.78 is 32.8. The summed E-state index contributed by atoms with van der Waals surface area (Å²) in [4.78, 5) is 68.8. The number of phenolic OH excluding ortho intramolecular Hbond substituents is 14. The van der Waals surface area contributed by atoms with E-state index in [-0.39, 0.29) is 0 Å². The quantitative estimate of drug-likeness (QED) is 0.0693. The third-order valence-corrected chi connectivity index (χ3v) is 10.7. The molecule has 0 unspecified atom stereocenters. The van der Waals surface area contributed by atoms with Crippen LogP contribution in [0.2, 0.25) is 0 Å². The van der Waals surface area contributed by atoms with Gasteiger partial charge in [-0.3, -0.25) is 0 Å². The maximum absolute atomic E-state index is 14.7. The molecule has 0 aromatic heterocycles. The lowest BCUT2D eigenvalue weighted by Gasteiger charge is -2.43. The average Bonchev–Trinajstić information content (AvgIpc) is 3.30. The molecule has 68 heavy (non-hydrogen) atoms. The normalized spacial score (nSPS) is 19.9. The first-order valence-corrected chi connectivity index (χ1v) is 18.7. The summed E-state index contributed by atoms with van der Waals surface area (Å²) in [6.07, 6.45) is -11.9. The van der Waals surface area contributed by atoms with E-state index in [1.165, 1.54) is 0 Å². The molecule has 0 spiro atoms. The molecule has 8 rings (SSSR count). The number of hydrogen-bond acceptors (Lipinski definition) is 26. The van der Waals surface area contributed by atoms with Gasteiger partial charge >= 0.3 is 29.8 Å². The third kappa shape index (κ3) is 6.80. The van der Waals surface area contributed by atoms with Gasteiger partial charge in [0.15, 0.2) is 82.1 Å². The summed E-state index contributed by atoms with van der Waals surface area (Å²) >= 11 is 0. The van der Waals surface area contributed by atoms with Crippen molar-refractivity contribution in [3.05, 3.63) is 58.1 Å². The molecule has 1 fully saturated rings. The second-order valence-corrected chi connectivity index (χ2v) is 14.7. The van der Waals surface area contributed by atoms with Crippen LogP contribution in [0, 0.1) is 0 Å². The smallest absolute Gasteiger partial charge is 0.339 e. The topological polar surface area (TPSA) is 464 Å². The number of aromatic carboxylic acids is 1. The van der Waals surface area contributed by atoms with Crippen molar-refractivity contribution >= 4 is 29.8 Å². The Bertz CT molecular complexity index is 3100. The highest BCUT2D eigenvalue weighted by Gasteiger charge is 2.54. The third-order valence-electron chi connectivity index (χ3n) is 10.7. The fourth-order valence-electron chi connectivity index (χ4n) is 7.53. The molecule has 27 nitrogen and oxygen atoms in total. The Labute approximate surface area is 373 Å². The number of phenols is 14. The lowest BCUT2D eigenvalue weighted by atomic mass is 9.91. The molecular formula is C41H28O27. The van der Waals surface area contributed by atoms with Crippen LogP contribution in [-0.2, 0) is 23.7 Å². The van der Waals surface area contributed by atoms with E-state index in [0.717, 1.165) is 0 Å². The summed E-state index contributed by atoms with van der Waals surface area (Å²) in [6.45, 7) is -1.20. The number of carbonyl (C=O) groups excluding carboxylic acids is 4. The number of carboxylic acid groups (broad SMARTS) is 1. The van der Waals surface area contributed by atoms with Gasteiger partial charge in [-0.2, -0.15) is 0 Å². The van der Waals surface area contributed by atoms with E-state index in [4.69, 9.17) is 28.4 Å². The Morgan fingerprint density at radius 2 is 0.853 bits per heavy atom. The molecule has 0 bridgehead atoms. The van der Waals surface area contributed by atoms with Gasteiger partial charge < -0.3 is 110 Å². The maximum Gasteiger partial charge on any atom is 0.339 e. The molecule has 0 amide bonds. The molecule has 5 aromatic carbocycles. The molecule has 3 aliphatic heterocycles. The summed E-state index contributed by atoms with van der Waals surface area (Å²) in [5.74, 6) is -30.9. The molecule has 27 heteroatoms. The molecular weight excluding hydrogens is 924 g/mol. The molecule has 5 atom stereocenters. The number of carbonyl (C=O) groups is 5. The van der Waals surface area contributed by atoms with Gasteiger partial charge in [-0.1, -0.05) is 0 Å². The number of ether oxygens (including phenoxy) is 6. The van der Waals surface area contributed by atoms with Crippen LogP contribution in [0.5, 0.6) is 92.0 Å². The average molecular weight is 953 g/mol. The molecule has 0 saturated carbocycles. The maximum atomic E-state index is 14.7. The number of carboxylic acids is 1. The van der Waals surface area contributed by atoms with Crippen molar-refractivity contribution in [2.24, 2.45) is 0 Å². The molecule has 3 aliphatic rings. The number of fused-ring (bicyclic) bond motifs is 9. The monoisotopic (exact) mass is 952 g/mol. The zero-order valence-corrected chi connectivity index (χ0v) is 33.1. The zero-order valence-electron chi connectivity index (χ0n) is 33.1. The molecule has 5 aromatic rings. The number of aliphatic hydroxyl groups is 1. The summed E-state index contributed by atoms with van der Waals surface area (Å²) in [5, 5.41) is 170. The van der Waals surface area contributed by atoms with Crippen molar-refractivity contribution in [2.75, 3.05) is 6.61 Å². The van der Waals surface area contributed by atoms with Gasteiger partial charge in [-0.05, 0) is 18.2 Å². The fourth-order valence-corrected chi connectivity index (χ4v) is 7.53. The Morgan fingerprint density at radius 1 is 0.471 bits per heavy atom. The number of esters is 4. The Balaban J connectivity index is 1.35. The first kappa shape index (κ1) is 45.0. The van der Waals surface area contributed by atoms with E-state index in [1.54, 1.807) is 0 Å². The predicted molar refractivity (Wildman–Crippen MR) is 209 cm³/mol. The highest BCUT2D eigenvalue weighted by atomic mass is 16.7. The van der Waals surface area contributed by atoms with Crippen molar-refractivity contribution in [3.63, 3.8) is 0 Å². The van der Waals surface area contributed by atoms with Gasteiger partial charge in [0.25, 0.3) is 0 Å². The van der Waals surface area contributed by atoms with E-state index in [0.29, 0.717) is 30.3 Å². The Morgan fingerprint density at radius 3 is 1.32 bits per heavy atom. The van der Waals surface area contributed by atoms with Crippen LogP contribution in [-0.4, -0.2) is 149 Å². The van der Waals surface area contributed by atoms with Crippen molar-refractivity contribution in [1.29, 1.82) is 0 Å². The highest BCUT2D eigenvalue weighted by Crippen LogP contribution is 2.57. The number of rotatable bonds is 3. The Hall–Kier alpha value is -9.63. The van der Waals surface area contributed by atoms with Gasteiger partial charge in [0.2, 0.25) is 34.5 Å². The number of cyclic esters (lactones) is 1. The second-order valence-electron chi connectivity index (χ2n) is 14.7. The number of aliphatic hydroxyl groups excluding tert-OH is 1. The van der Waals surface area contributed by atoms with Crippen LogP contribution in [0.1, 0.15) is 51.8 Å². The first-order valence-electron chi connectivity index (χ1n) is 18.7. The zero-order chi connectivity index (χ0) is 49.7. The van der Waals surface area contributed by atoms with Crippen molar-refractivity contribution < 1.29 is 134 Å². The van der Waals surface area contributed by atoms with Crippen LogP contribution in [0.15, 0.2) is 30.3 Å². The van der Waals surface area contributed by atoms with Crippen molar-refractivity contribution in [2.45, 2.75) is 30.7 Å². The molecule has 0 radical (unpaired) electrons. The number of hydrogen-bond donors (Lipinski definition) is 16. The van der Waals surface area contributed by atoms with Crippen LogP contribution < -0.4 is 4.74 Å². The van der Waals surface area contributed by atoms with Crippen LogP contribution >= 0.6 is 0 Å². The first-order chi connectivity index (χ1) is 31.9. The van der Waals surface area contributed by atoms with E-state index < -0.39 is 209 Å². The molecule has 3 heterocycles. The molecule has 16 N–H and O–H groups in total. The molecule has 0 aliphatic carbocycles. The summed E-state index contributed by atoms with van der Waals surface area (Å²) in [7, 11) is 0. The highest BCUT2D eigenvalue weighted by molar-refractivity contribution is 6.10. The van der Waals surface area contributed by atoms with Crippen molar-refractivity contribution in [1.82, 2.24) is 0 Å². The summed E-state index contributed by atoms with van der Waals surface area (Å²) in [5.41, 5.74) is -9.88. The lowest BCUT2D eigenvalue weighted by Crippen LogP contribution is -2.62. The van der Waals surface area contributed by atoms with Crippen LogP contribution in [0.4, 0.5) is 0 Å². The van der Waals surface area contributed by atoms with Crippen LogP contribution in [0.25, 0.3) is 22.3 Å². The molecule has 354 valence electrons. The largest absolute Gasteiger partial charge is 0.504 e. The Kier molecular flexibility index (Phi) is 10.5. The predicted octanol–water partition coefficient (Wildman–Crippen LogP) is 1.57. The number of benzene rings is 5. The second kappa shape index (κ2) is 15.8. The minimum absolute atomic E-state index is 0.372. The van der Waals surface area contributed by atoms with E-state index in [9.17, 15) is 106 Å². The van der Waals surface area contributed by atoms with Gasteiger partial charge in [-0.25, -0.2) is 24.0 Å². The minimum atomic E-state index is -2.52. The fraction of sp³-hybridized carbons (Fsp3) is 0.146. The van der Waals surface area contributed by atoms with Crippen molar-refractivity contribution in [3.8, 4) is 114 Å². The van der Waals surface area contributed by atoms with E-state index in [2.05, 4.69) is 0 Å². The standard InChI is InChI=1S/C41H28O27/c42-12-1-7-18(27(51)22(12)46)21-10(5-16(26(50)30(21)54)64-32-11(36(56)57)4-15(45)25(49)31(32)55)40(61)66-33-17(6-63-37(7)58)65-41(62)35-34(33)67-38(59)8-2-13(43)23(47)28(52)19(8)20-9(39(60)68-35)3-14(44)24(48)29(20)53/h1-5,17,33-35,41-55,62H,6H2,(H,56,57)/t17-,33-,34+,35-,41+/m1/s1. The lowest BCUT2D eigenvalue weighted by molar-refractivity contribution is -0.284. The van der Waals surface area contributed by atoms with Crippen LogP contribution in [0.3, 0.4) is 0 Å². The van der Waals surface area contributed by atoms with E-state index >= 15 is 0 Å². The van der Waals surface area contributed by atoms with E-state index in [1.807, 2.05) is 0 Å². The summed E-state index contributed by atoms with van der Waals surface area (Å²) in [6, 6.07) is 2.05. The van der Waals surface area contributed by atoms with Gasteiger partial charge in [0.05, 0.1) is 22.3 Å². The van der Waals surface area contributed by atoms with Gasteiger partial charge in [0.1, 0.15) is 18.3 Å². The minimum Gasteiger partial charge on any atom is -0.504 e.